The van der Waals surface area contributed by atoms with Gasteiger partial charge >= 0.3 is 0 Å². The molecule has 2 aromatic carbocycles. The summed E-state index contributed by atoms with van der Waals surface area (Å²) in [4.78, 5) is 9.61. The molecule has 1 aliphatic carbocycles. The van der Waals surface area contributed by atoms with Gasteiger partial charge in [0, 0.05) is 36.6 Å². The van der Waals surface area contributed by atoms with Crippen LogP contribution in [0.4, 0.5) is 5.69 Å². The number of sulfonamides is 1. The van der Waals surface area contributed by atoms with Gasteiger partial charge in [0.1, 0.15) is 0 Å². The predicted molar refractivity (Wildman–Crippen MR) is 140 cm³/mol. The second-order valence-electron chi connectivity index (χ2n) is 9.43. The summed E-state index contributed by atoms with van der Waals surface area (Å²) in [5.41, 5.74) is 5.54. The summed E-state index contributed by atoms with van der Waals surface area (Å²) in [6, 6.07) is 18.1. The number of fused-ring (bicyclic) bond motifs is 1. The first-order valence-electron chi connectivity index (χ1n) is 12.1. The normalized spacial score (nSPS) is 20.3. The van der Waals surface area contributed by atoms with E-state index in [1.807, 2.05) is 43.5 Å². The first kappa shape index (κ1) is 24.0. The Labute approximate surface area is 212 Å². The van der Waals surface area contributed by atoms with E-state index >= 15 is 0 Å². The molecule has 2 atom stereocenters. The Morgan fingerprint density at radius 2 is 2.03 bits per heavy atom. The third-order valence-electron chi connectivity index (χ3n) is 6.84. The van der Waals surface area contributed by atoms with Crippen LogP contribution in [0.5, 0.6) is 0 Å². The number of imidazole rings is 1. The van der Waals surface area contributed by atoms with Crippen LogP contribution in [0, 0.1) is 18.3 Å². The molecule has 0 saturated heterocycles. The summed E-state index contributed by atoms with van der Waals surface area (Å²) in [6.45, 7) is 3.44. The largest absolute Gasteiger partial charge is 0.364 e. The zero-order valence-corrected chi connectivity index (χ0v) is 21.0. The van der Waals surface area contributed by atoms with Gasteiger partial charge in [-0.25, -0.2) is 13.4 Å². The van der Waals surface area contributed by atoms with Crippen LogP contribution in [-0.4, -0.2) is 40.5 Å². The smallest absolute Gasteiger partial charge is 0.221 e. The van der Waals surface area contributed by atoms with Crippen molar-refractivity contribution in [3.05, 3.63) is 107 Å². The van der Waals surface area contributed by atoms with Crippen LogP contribution >= 0.6 is 0 Å². The molecule has 2 heterocycles. The monoisotopic (exact) mass is 499 g/mol. The molecule has 1 unspecified atom stereocenters. The van der Waals surface area contributed by atoms with Crippen molar-refractivity contribution in [1.82, 2.24) is 14.3 Å². The van der Waals surface area contributed by atoms with E-state index in [4.69, 9.17) is 0 Å². The van der Waals surface area contributed by atoms with Crippen molar-refractivity contribution < 1.29 is 8.42 Å². The van der Waals surface area contributed by atoms with Crippen molar-refractivity contribution in [2.75, 3.05) is 11.4 Å². The van der Waals surface area contributed by atoms with Crippen molar-refractivity contribution in [3.8, 4) is 6.07 Å². The number of rotatable bonds is 6. The maximum absolute atomic E-state index is 14.2. The average molecular weight is 500 g/mol. The first-order valence-corrected chi connectivity index (χ1v) is 13.6. The van der Waals surface area contributed by atoms with Crippen molar-refractivity contribution in [1.29, 1.82) is 5.26 Å². The molecule has 0 fully saturated rings. The maximum Gasteiger partial charge on any atom is 0.221 e. The molecule has 2 aliphatic rings. The fraction of sp³-hybridized carbons (Fsp3) is 0.286. The highest BCUT2D eigenvalue weighted by Gasteiger charge is 2.39. The molecule has 1 N–H and O–H groups in total. The van der Waals surface area contributed by atoms with Gasteiger partial charge in [-0.05, 0) is 49.1 Å². The van der Waals surface area contributed by atoms with Gasteiger partial charge in [-0.15, -0.1) is 0 Å². The van der Waals surface area contributed by atoms with Crippen LogP contribution < -0.4 is 4.90 Å². The average Bonchev–Trinajstić information content (AvgIpc) is 3.35. The highest BCUT2D eigenvalue weighted by Crippen LogP contribution is 2.34. The number of aryl methyl sites for hydroxylation is 1. The lowest BCUT2D eigenvalue weighted by Gasteiger charge is -2.34. The Morgan fingerprint density at radius 1 is 1.19 bits per heavy atom. The van der Waals surface area contributed by atoms with Crippen LogP contribution in [0.3, 0.4) is 0 Å². The van der Waals surface area contributed by atoms with Gasteiger partial charge in [0.2, 0.25) is 10.0 Å². The van der Waals surface area contributed by atoms with Crippen molar-refractivity contribution in [3.63, 3.8) is 0 Å². The third-order valence-corrected chi connectivity index (χ3v) is 9.01. The molecule has 5 rings (SSSR count). The van der Waals surface area contributed by atoms with Gasteiger partial charge in [-0.3, -0.25) is 0 Å². The highest BCUT2D eigenvalue weighted by atomic mass is 32.2. The van der Waals surface area contributed by atoms with Crippen molar-refractivity contribution in [2.45, 2.75) is 44.1 Å². The van der Waals surface area contributed by atoms with E-state index in [-0.39, 0.29) is 12.6 Å². The number of nitrogens with zero attached hydrogens (tertiary/aromatic N) is 4. The number of aromatic nitrogens is 2. The fourth-order valence-corrected chi connectivity index (χ4v) is 6.97. The second kappa shape index (κ2) is 10.1. The van der Waals surface area contributed by atoms with Gasteiger partial charge in [-0.1, -0.05) is 54.1 Å². The van der Waals surface area contributed by atoms with Gasteiger partial charge < -0.3 is 9.88 Å². The summed E-state index contributed by atoms with van der Waals surface area (Å²) in [5.74, 6) is 0. The number of nitriles is 1. The minimum atomic E-state index is -3.75. The van der Waals surface area contributed by atoms with Gasteiger partial charge in [0.05, 0.1) is 29.9 Å². The quantitative estimate of drug-likeness (QED) is 0.547. The number of nitrogens with one attached hydrogen (secondary N) is 1. The molecule has 0 amide bonds. The molecule has 0 radical (unpaired) electrons. The van der Waals surface area contributed by atoms with Crippen LogP contribution in [-0.2, 0) is 29.5 Å². The minimum absolute atomic E-state index is 0.284. The lowest BCUT2D eigenvalue weighted by Crippen LogP contribution is -2.48. The maximum atomic E-state index is 14.2. The molecule has 1 aromatic heterocycles. The summed E-state index contributed by atoms with van der Waals surface area (Å²) in [5, 5.41) is 8.64. The number of hydrogen-bond acceptors (Lipinski definition) is 5. The summed E-state index contributed by atoms with van der Waals surface area (Å²) in [6.07, 6.45) is 9.50. The number of hydrogen-bond donors (Lipinski definition) is 1. The van der Waals surface area contributed by atoms with Crippen LogP contribution in [0.15, 0.2) is 84.9 Å². The van der Waals surface area contributed by atoms with E-state index in [2.05, 4.69) is 39.1 Å². The molecule has 8 heteroatoms. The molecular weight excluding hydrogens is 470 g/mol. The van der Waals surface area contributed by atoms with E-state index in [9.17, 15) is 13.7 Å². The molecule has 0 saturated carbocycles. The molecular formula is C28H29N5O2S. The second-order valence-corrected chi connectivity index (χ2v) is 11.5. The minimum Gasteiger partial charge on any atom is -0.364 e. The molecule has 184 valence electrons. The van der Waals surface area contributed by atoms with Crippen LogP contribution in [0.25, 0.3) is 0 Å². The summed E-state index contributed by atoms with van der Waals surface area (Å²) < 4.78 is 30.0. The number of benzene rings is 2. The number of H-pyrrole nitrogens is 1. The molecule has 0 bridgehead atoms. The lowest BCUT2D eigenvalue weighted by atomic mass is 10.1. The van der Waals surface area contributed by atoms with Gasteiger partial charge in [0.15, 0.2) is 0 Å². The van der Waals surface area contributed by atoms with Crippen molar-refractivity contribution >= 4 is 15.7 Å². The Balaban J connectivity index is 1.59. The van der Waals surface area contributed by atoms with Gasteiger partial charge in [0.25, 0.3) is 0 Å². The predicted octanol–water partition coefficient (Wildman–Crippen LogP) is 4.26. The Hall–Kier alpha value is -3.67. The summed E-state index contributed by atoms with van der Waals surface area (Å²) >= 11 is 0. The van der Waals surface area contributed by atoms with E-state index < -0.39 is 15.3 Å². The van der Waals surface area contributed by atoms with E-state index in [1.54, 1.807) is 28.9 Å². The molecule has 3 aromatic rings. The van der Waals surface area contributed by atoms with Gasteiger partial charge in [-0.2, -0.15) is 9.57 Å². The molecule has 7 nitrogen and oxygen atoms in total. The zero-order valence-electron chi connectivity index (χ0n) is 20.2. The highest BCUT2D eigenvalue weighted by molar-refractivity contribution is 7.89. The topological polar surface area (TPSA) is 93.1 Å². The van der Waals surface area contributed by atoms with E-state index in [1.165, 1.54) is 0 Å². The SMILES string of the molecule is Cc1ccc2c(c1)CN(S(=O)(=O)C1C=C(C#N)C=CC1)[C@H](Cc1ccccc1)CN2Cc1cnc[nH]1. The standard InChI is InChI=1S/C28H29N5O2S/c1-21-10-11-28-24(12-21)17-33(36(34,35)27-9-5-8-23(14-27)15-29)26(13-22-6-3-2-4-7-22)19-32(28)18-25-16-30-20-31-25/h2-8,10-12,14,16,20,26-27H,9,13,17-19H2,1H3,(H,30,31)/t26-,27?/m1/s1. The molecule has 36 heavy (non-hydrogen) atoms. The van der Waals surface area contributed by atoms with Crippen molar-refractivity contribution in [2.24, 2.45) is 0 Å². The summed E-state index contributed by atoms with van der Waals surface area (Å²) in [7, 11) is -3.75. The Bertz CT molecular complexity index is 1420. The van der Waals surface area contributed by atoms with Crippen LogP contribution in [0.2, 0.25) is 0 Å². The third kappa shape index (κ3) is 4.99. The number of allylic oxidation sites excluding steroid dienone is 3. The lowest BCUT2D eigenvalue weighted by molar-refractivity contribution is 0.315. The number of aromatic amines is 1. The Kier molecular flexibility index (Phi) is 6.77. The Morgan fingerprint density at radius 3 is 2.78 bits per heavy atom. The molecule has 0 spiro atoms. The molecule has 1 aliphatic heterocycles. The van der Waals surface area contributed by atoms with E-state index in [0.29, 0.717) is 31.5 Å². The van der Waals surface area contributed by atoms with Crippen LogP contribution in [0.1, 0.15) is 28.8 Å². The zero-order chi connectivity index (χ0) is 25.1. The first-order chi connectivity index (χ1) is 17.4. The fourth-order valence-electron chi connectivity index (χ4n) is 5.08. The number of anilines is 1. The van der Waals surface area contributed by atoms with E-state index in [0.717, 1.165) is 28.1 Å².